The van der Waals surface area contributed by atoms with Gasteiger partial charge < -0.3 is 9.47 Å². The van der Waals surface area contributed by atoms with E-state index in [1.807, 2.05) is 35.7 Å². The molecule has 0 bridgehead atoms. The zero-order valence-corrected chi connectivity index (χ0v) is 14.1. The molecule has 3 aromatic rings. The molecule has 3 nitrogen and oxygen atoms in total. The van der Waals surface area contributed by atoms with Gasteiger partial charge in [-0.3, -0.25) is 0 Å². The number of nitriles is 1. The van der Waals surface area contributed by atoms with E-state index in [1.54, 1.807) is 6.07 Å². The molecule has 0 spiro atoms. The van der Waals surface area contributed by atoms with Crippen LogP contribution in [0.2, 0.25) is 0 Å². The van der Waals surface area contributed by atoms with Crippen LogP contribution in [0.3, 0.4) is 0 Å². The number of thiophene rings is 1. The van der Waals surface area contributed by atoms with Gasteiger partial charge in [0.05, 0.1) is 0 Å². The van der Waals surface area contributed by atoms with Crippen molar-refractivity contribution in [2.75, 3.05) is 0 Å². The van der Waals surface area contributed by atoms with Gasteiger partial charge in [-0.2, -0.15) is 5.26 Å². The molecule has 0 fully saturated rings. The quantitative estimate of drug-likeness (QED) is 0.569. The summed E-state index contributed by atoms with van der Waals surface area (Å²) in [5.41, 5.74) is 2.58. The summed E-state index contributed by atoms with van der Waals surface area (Å²) in [6, 6.07) is 17.1. The fourth-order valence-electron chi connectivity index (χ4n) is 2.36. The Kier molecular flexibility index (Phi) is 5.14. The van der Waals surface area contributed by atoms with Crippen molar-refractivity contribution in [1.29, 1.82) is 5.26 Å². The first-order valence-corrected chi connectivity index (χ1v) is 8.39. The standard InChI is InChI=1S/C19H12F3NO2S/c20-19(21,22)25-15-8-4-5-13(9-15)11-24-18-16(10-23)17(12-26-18)14-6-2-1-3-7-14/h1-9,12H,11H2. The second-order valence-corrected chi connectivity index (χ2v) is 6.12. The minimum absolute atomic E-state index is 0.0263. The first-order valence-electron chi connectivity index (χ1n) is 7.51. The molecule has 7 heteroatoms. The highest BCUT2D eigenvalue weighted by atomic mass is 32.1. The largest absolute Gasteiger partial charge is 0.573 e. The maximum Gasteiger partial charge on any atom is 0.573 e. The van der Waals surface area contributed by atoms with Crippen LogP contribution in [0.5, 0.6) is 10.8 Å². The predicted molar refractivity (Wildman–Crippen MR) is 91.9 cm³/mol. The normalized spacial score (nSPS) is 11.0. The van der Waals surface area contributed by atoms with E-state index in [0.29, 0.717) is 16.2 Å². The second kappa shape index (κ2) is 7.50. The third-order valence-electron chi connectivity index (χ3n) is 3.46. The number of halogens is 3. The highest BCUT2D eigenvalue weighted by molar-refractivity contribution is 7.12. The van der Waals surface area contributed by atoms with Gasteiger partial charge in [0, 0.05) is 10.9 Å². The summed E-state index contributed by atoms with van der Waals surface area (Å²) in [6.45, 7) is 0.0263. The fraction of sp³-hybridized carbons (Fsp3) is 0.105. The van der Waals surface area contributed by atoms with E-state index in [2.05, 4.69) is 10.8 Å². The number of nitrogens with zero attached hydrogens (tertiary/aromatic N) is 1. The number of benzene rings is 2. The molecule has 0 aliphatic rings. The second-order valence-electron chi connectivity index (χ2n) is 5.27. The predicted octanol–water partition coefficient (Wildman–Crippen LogP) is 5.76. The molecule has 1 heterocycles. The SMILES string of the molecule is N#Cc1c(-c2ccccc2)csc1OCc1cccc(OC(F)(F)F)c1. The zero-order chi connectivity index (χ0) is 18.6. The van der Waals surface area contributed by atoms with Gasteiger partial charge in [-0.05, 0) is 23.3 Å². The van der Waals surface area contributed by atoms with E-state index in [-0.39, 0.29) is 12.4 Å². The van der Waals surface area contributed by atoms with Gasteiger partial charge in [-0.25, -0.2) is 0 Å². The Morgan fingerprint density at radius 1 is 1.04 bits per heavy atom. The number of alkyl halides is 3. The van der Waals surface area contributed by atoms with Crippen molar-refractivity contribution in [3.8, 4) is 28.0 Å². The molecule has 132 valence electrons. The van der Waals surface area contributed by atoms with Gasteiger partial charge in [-0.15, -0.1) is 24.5 Å². The highest BCUT2D eigenvalue weighted by Crippen LogP contribution is 2.37. The van der Waals surface area contributed by atoms with Crippen LogP contribution >= 0.6 is 11.3 Å². The Hall–Kier alpha value is -2.98. The maximum absolute atomic E-state index is 12.3. The van der Waals surface area contributed by atoms with Crippen LogP contribution in [0.4, 0.5) is 13.2 Å². The molecule has 0 saturated heterocycles. The summed E-state index contributed by atoms with van der Waals surface area (Å²) < 4.78 is 46.5. The molecule has 26 heavy (non-hydrogen) atoms. The van der Waals surface area contributed by atoms with Crippen LogP contribution in [0.1, 0.15) is 11.1 Å². The molecule has 0 unspecified atom stereocenters. The lowest BCUT2D eigenvalue weighted by Crippen LogP contribution is -2.17. The molecule has 3 rings (SSSR count). The molecule has 0 N–H and O–H groups in total. The Balaban J connectivity index is 1.76. The van der Waals surface area contributed by atoms with Gasteiger partial charge >= 0.3 is 6.36 Å². The molecule has 1 aromatic heterocycles. The van der Waals surface area contributed by atoms with E-state index < -0.39 is 6.36 Å². The number of ether oxygens (including phenoxy) is 2. The number of hydrogen-bond acceptors (Lipinski definition) is 4. The molecule has 0 aliphatic heterocycles. The molecule has 0 saturated carbocycles. The minimum Gasteiger partial charge on any atom is -0.478 e. The van der Waals surface area contributed by atoms with Crippen molar-refractivity contribution in [1.82, 2.24) is 0 Å². The van der Waals surface area contributed by atoms with Crippen LogP contribution in [0.25, 0.3) is 11.1 Å². The van der Waals surface area contributed by atoms with Crippen molar-refractivity contribution in [2.45, 2.75) is 13.0 Å². The lowest BCUT2D eigenvalue weighted by molar-refractivity contribution is -0.274. The summed E-state index contributed by atoms with van der Waals surface area (Å²) in [5, 5.41) is 11.7. The zero-order valence-electron chi connectivity index (χ0n) is 13.3. The highest BCUT2D eigenvalue weighted by Gasteiger charge is 2.31. The van der Waals surface area contributed by atoms with E-state index in [4.69, 9.17) is 4.74 Å². The van der Waals surface area contributed by atoms with Crippen LogP contribution < -0.4 is 9.47 Å². The number of rotatable bonds is 5. The van der Waals surface area contributed by atoms with Crippen LogP contribution in [-0.4, -0.2) is 6.36 Å². The molecular formula is C19H12F3NO2S. The Bertz CT molecular complexity index is 930. The molecule has 0 amide bonds. The van der Waals surface area contributed by atoms with Gasteiger partial charge in [0.15, 0.2) is 5.06 Å². The van der Waals surface area contributed by atoms with Crippen LogP contribution in [0.15, 0.2) is 60.0 Å². The Morgan fingerprint density at radius 2 is 1.81 bits per heavy atom. The van der Waals surface area contributed by atoms with Crippen molar-refractivity contribution in [3.05, 3.63) is 71.1 Å². The van der Waals surface area contributed by atoms with Crippen LogP contribution in [-0.2, 0) is 6.61 Å². The summed E-state index contributed by atoms with van der Waals surface area (Å²) in [6.07, 6.45) is -4.74. The van der Waals surface area contributed by atoms with E-state index >= 15 is 0 Å². The topological polar surface area (TPSA) is 42.2 Å². The molecule has 0 atom stereocenters. The van der Waals surface area contributed by atoms with Gasteiger partial charge in [-0.1, -0.05) is 42.5 Å². The van der Waals surface area contributed by atoms with Crippen molar-refractivity contribution in [2.24, 2.45) is 0 Å². The summed E-state index contributed by atoms with van der Waals surface area (Å²) >= 11 is 1.27. The molecule has 2 aromatic carbocycles. The molecular weight excluding hydrogens is 363 g/mol. The van der Waals surface area contributed by atoms with Gasteiger partial charge in [0.25, 0.3) is 0 Å². The Labute approximate surface area is 151 Å². The first-order chi connectivity index (χ1) is 12.5. The lowest BCUT2D eigenvalue weighted by atomic mass is 10.1. The first kappa shape index (κ1) is 17.8. The molecule has 0 aliphatic carbocycles. The number of hydrogen-bond donors (Lipinski definition) is 0. The third kappa shape index (κ3) is 4.35. The van der Waals surface area contributed by atoms with E-state index in [0.717, 1.165) is 11.1 Å². The Morgan fingerprint density at radius 3 is 2.50 bits per heavy atom. The smallest absolute Gasteiger partial charge is 0.478 e. The van der Waals surface area contributed by atoms with E-state index in [9.17, 15) is 18.4 Å². The van der Waals surface area contributed by atoms with Crippen molar-refractivity contribution in [3.63, 3.8) is 0 Å². The monoisotopic (exact) mass is 375 g/mol. The summed E-state index contributed by atoms with van der Waals surface area (Å²) in [5.74, 6) is -0.310. The van der Waals surface area contributed by atoms with Crippen LogP contribution in [0, 0.1) is 11.3 Å². The van der Waals surface area contributed by atoms with E-state index in [1.165, 1.54) is 29.5 Å². The lowest BCUT2D eigenvalue weighted by Gasteiger charge is -2.10. The average Bonchev–Trinajstić information content (AvgIpc) is 3.02. The summed E-state index contributed by atoms with van der Waals surface area (Å²) in [7, 11) is 0. The average molecular weight is 375 g/mol. The minimum atomic E-state index is -4.74. The summed E-state index contributed by atoms with van der Waals surface area (Å²) in [4.78, 5) is 0. The van der Waals surface area contributed by atoms with Crippen molar-refractivity contribution >= 4 is 11.3 Å². The maximum atomic E-state index is 12.3. The van der Waals surface area contributed by atoms with Gasteiger partial charge in [0.1, 0.15) is 24.0 Å². The third-order valence-corrected chi connectivity index (χ3v) is 4.35. The van der Waals surface area contributed by atoms with Crippen molar-refractivity contribution < 1.29 is 22.6 Å². The molecule has 0 radical (unpaired) electrons. The van der Waals surface area contributed by atoms with Gasteiger partial charge in [0.2, 0.25) is 0 Å². The fourth-order valence-corrected chi connectivity index (χ4v) is 3.24.